The predicted octanol–water partition coefficient (Wildman–Crippen LogP) is 2.33. The van der Waals surface area contributed by atoms with E-state index >= 15 is 0 Å². The Morgan fingerprint density at radius 3 is 2.62 bits per heavy atom. The summed E-state index contributed by atoms with van der Waals surface area (Å²) in [5.74, 6) is 1.47. The summed E-state index contributed by atoms with van der Waals surface area (Å²) in [5.41, 5.74) is 2.05. The van der Waals surface area contributed by atoms with Crippen molar-refractivity contribution in [2.45, 2.75) is 13.1 Å². The second-order valence-corrected chi connectivity index (χ2v) is 7.65. The SMILES string of the molecule is CN(CC(=O)N1CCN(Cc2ccc3c(c2)OCO3)CC1)Cc1cccc(F)c1. The number of benzene rings is 2. The fourth-order valence-electron chi connectivity index (χ4n) is 3.79. The van der Waals surface area contributed by atoms with Gasteiger partial charge in [-0.25, -0.2) is 4.39 Å². The number of piperazine rings is 1. The monoisotopic (exact) mass is 399 g/mol. The molecule has 1 saturated heterocycles. The standard InChI is InChI=1S/C22H26FN3O3/c1-24(13-17-3-2-4-19(23)11-17)15-22(27)26-9-7-25(8-10-26)14-18-5-6-20-21(12-18)29-16-28-20/h2-6,11-12H,7-10,13-16H2,1H3. The summed E-state index contributed by atoms with van der Waals surface area (Å²) in [4.78, 5) is 18.8. The van der Waals surface area contributed by atoms with E-state index in [2.05, 4.69) is 11.0 Å². The molecule has 0 atom stereocenters. The van der Waals surface area contributed by atoms with Gasteiger partial charge in [0, 0.05) is 39.3 Å². The lowest BCUT2D eigenvalue weighted by molar-refractivity contribution is -0.134. The van der Waals surface area contributed by atoms with Crippen molar-refractivity contribution in [3.05, 3.63) is 59.4 Å². The molecular weight excluding hydrogens is 373 g/mol. The van der Waals surface area contributed by atoms with Crippen LogP contribution in [0.5, 0.6) is 11.5 Å². The van der Waals surface area contributed by atoms with Gasteiger partial charge in [0.2, 0.25) is 12.7 Å². The van der Waals surface area contributed by atoms with Crippen molar-refractivity contribution >= 4 is 5.91 Å². The van der Waals surface area contributed by atoms with E-state index in [1.54, 1.807) is 6.07 Å². The van der Waals surface area contributed by atoms with Gasteiger partial charge in [-0.1, -0.05) is 18.2 Å². The Kier molecular flexibility index (Phi) is 5.97. The second kappa shape index (κ2) is 8.80. The lowest BCUT2D eigenvalue weighted by Crippen LogP contribution is -2.50. The van der Waals surface area contributed by atoms with Gasteiger partial charge in [0.1, 0.15) is 5.82 Å². The largest absolute Gasteiger partial charge is 0.454 e. The first kappa shape index (κ1) is 19.7. The lowest BCUT2D eigenvalue weighted by Gasteiger charge is -2.35. The first-order chi connectivity index (χ1) is 14.1. The Labute approximate surface area is 170 Å². The first-order valence-corrected chi connectivity index (χ1v) is 9.88. The number of rotatable bonds is 6. The Morgan fingerprint density at radius 2 is 1.83 bits per heavy atom. The summed E-state index contributed by atoms with van der Waals surface area (Å²) in [6.07, 6.45) is 0. The van der Waals surface area contributed by atoms with Crippen LogP contribution in [0.1, 0.15) is 11.1 Å². The summed E-state index contributed by atoms with van der Waals surface area (Å²) in [7, 11) is 1.89. The van der Waals surface area contributed by atoms with Crippen molar-refractivity contribution in [3.63, 3.8) is 0 Å². The maximum absolute atomic E-state index is 13.3. The van der Waals surface area contributed by atoms with Crippen LogP contribution in [0.3, 0.4) is 0 Å². The number of carbonyl (C=O) groups is 1. The van der Waals surface area contributed by atoms with E-state index < -0.39 is 0 Å². The van der Waals surface area contributed by atoms with Gasteiger partial charge >= 0.3 is 0 Å². The Bertz CT molecular complexity index is 868. The smallest absolute Gasteiger partial charge is 0.236 e. The Morgan fingerprint density at radius 1 is 1.03 bits per heavy atom. The van der Waals surface area contributed by atoms with Crippen LogP contribution in [0.2, 0.25) is 0 Å². The van der Waals surface area contributed by atoms with E-state index in [1.165, 1.54) is 17.7 Å². The lowest BCUT2D eigenvalue weighted by atomic mass is 10.1. The third kappa shape index (κ3) is 5.05. The van der Waals surface area contributed by atoms with Gasteiger partial charge in [-0.15, -0.1) is 0 Å². The van der Waals surface area contributed by atoms with Crippen LogP contribution in [0.4, 0.5) is 4.39 Å². The van der Waals surface area contributed by atoms with Crippen LogP contribution in [0.15, 0.2) is 42.5 Å². The zero-order chi connectivity index (χ0) is 20.2. The molecule has 2 aliphatic heterocycles. The number of carbonyl (C=O) groups excluding carboxylic acids is 1. The van der Waals surface area contributed by atoms with Gasteiger partial charge in [0.15, 0.2) is 11.5 Å². The molecule has 1 amide bonds. The molecule has 4 rings (SSSR count). The molecule has 2 aromatic rings. The van der Waals surface area contributed by atoms with Gasteiger partial charge in [0.05, 0.1) is 6.54 Å². The van der Waals surface area contributed by atoms with Gasteiger partial charge in [-0.2, -0.15) is 0 Å². The van der Waals surface area contributed by atoms with Crippen LogP contribution in [-0.2, 0) is 17.9 Å². The summed E-state index contributed by atoms with van der Waals surface area (Å²) in [6, 6.07) is 12.5. The average Bonchev–Trinajstić information content (AvgIpc) is 3.16. The van der Waals surface area contributed by atoms with Gasteiger partial charge < -0.3 is 14.4 Å². The number of likely N-dealkylation sites (N-methyl/N-ethyl adjacent to an activating group) is 1. The van der Waals surface area contributed by atoms with Crippen molar-refractivity contribution < 1.29 is 18.7 Å². The molecule has 0 saturated carbocycles. The van der Waals surface area contributed by atoms with Crippen molar-refractivity contribution in [2.75, 3.05) is 46.6 Å². The number of amides is 1. The fourth-order valence-corrected chi connectivity index (χ4v) is 3.79. The molecule has 2 aromatic carbocycles. The zero-order valence-corrected chi connectivity index (χ0v) is 16.6. The highest BCUT2D eigenvalue weighted by Gasteiger charge is 2.22. The molecule has 0 spiro atoms. The maximum Gasteiger partial charge on any atom is 0.236 e. The summed E-state index contributed by atoms with van der Waals surface area (Å²) < 4.78 is 24.1. The Hall–Kier alpha value is -2.64. The van der Waals surface area contributed by atoms with E-state index in [0.717, 1.165) is 49.8 Å². The van der Waals surface area contributed by atoms with Crippen molar-refractivity contribution in [1.82, 2.24) is 14.7 Å². The Balaban J connectivity index is 1.23. The molecule has 0 bridgehead atoms. The molecule has 1 fully saturated rings. The molecule has 7 heteroatoms. The topological polar surface area (TPSA) is 45.3 Å². The molecular formula is C22H26FN3O3. The van der Waals surface area contributed by atoms with Crippen molar-refractivity contribution in [1.29, 1.82) is 0 Å². The van der Waals surface area contributed by atoms with Crippen LogP contribution in [0.25, 0.3) is 0 Å². The van der Waals surface area contributed by atoms with Crippen LogP contribution >= 0.6 is 0 Å². The molecule has 0 N–H and O–H groups in total. The first-order valence-electron chi connectivity index (χ1n) is 9.88. The highest BCUT2D eigenvalue weighted by molar-refractivity contribution is 5.78. The van der Waals surface area contributed by atoms with Crippen molar-refractivity contribution in [3.8, 4) is 11.5 Å². The van der Waals surface area contributed by atoms with Crippen molar-refractivity contribution in [2.24, 2.45) is 0 Å². The molecule has 154 valence electrons. The highest BCUT2D eigenvalue weighted by Crippen LogP contribution is 2.32. The molecule has 0 aromatic heterocycles. The molecule has 2 heterocycles. The summed E-state index contributed by atoms with van der Waals surface area (Å²) in [5, 5.41) is 0. The summed E-state index contributed by atoms with van der Waals surface area (Å²) >= 11 is 0. The number of hydrogen-bond donors (Lipinski definition) is 0. The number of hydrogen-bond acceptors (Lipinski definition) is 5. The van der Waals surface area contributed by atoms with E-state index in [1.807, 2.05) is 35.0 Å². The van der Waals surface area contributed by atoms with Crippen LogP contribution in [0, 0.1) is 5.82 Å². The second-order valence-electron chi connectivity index (χ2n) is 7.65. The van der Waals surface area contributed by atoms with E-state index in [9.17, 15) is 9.18 Å². The quantitative estimate of drug-likeness (QED) is 0.746. The predicted molar refractivity (Wildman–Crippen MR) is 107 cm³/mol. The minimum atomic E-state index is -0.249. The zero-order valence-electron chi connectivity index (χ0n) is 16.6. The average molecular weight is 399 g/mol. The molecule has 0 aliphatic carbocycles. The third-order valence-corrected chi connectivity index (χ3v) is 5.31. The molecule has 29 heavy (non-hydrogen) atoms. The molecule has 6 nitrogen and oxygen atoms in total. The maximum atomic E-state index is 13.3. The minimum Gasteiger partial charge on any atom is -0.454 e. The van der Waals surface area contributed by atoms with Crippen LogP contribution in [-0.4, -0.2) is 67.2 Å². The number of halogens is 1. The third-order valence-electron chi connectivity index (χ3n) is 5.31. The molecule has 0 unspecified atom stereocenters. The highest BCUT2D eigenvalue weighted by atomic mass is 19.1. The number of fused-ring (bicyclic) bond motifs is 1. The summed E-state index contributed by atoms with van der Waals surface area (Å²) in [6.45, 7) is 5.12. The number of nitrogens with zero attached hydrogens (tertiary/aromatic N) is 3. The molecule has 2 aliphatic rings. The van der Waals surface area contributed by atoms with Crippen LogP contribution < -0.4 is 9.47 Å². The normalized spacial score (nSPS) is 16.4. The van der Waals surface area contributed by atoms with Gasteiger partial charge in [0.25, 0.3) is 0 Å². The fraction of sp³-hybridized carbons (Fsp3) is 0.409. The number of ether oxygens (including phenoxy) is 2. The minimum absolute atomic E-state index is 0.117. The van der Waals surface area contributed by atoms with Gasteiger partial charge in [-0.05, 0) is 42.4 Å². The van der Waals surface area contributed by atoms with E-state index in [0.29, 0.717) is 13.1 Å². The van der Waals surface area contributed by atoms with E-state index in [4.69, 9.17) is 9.47 Å². The van der Waals surface area contributed by atoms with Gasteiger partial charge in [-0.3, -0.25) is 14.6 Å². The van der Waals surface area contributed by atoms with E-state index in [-0.39, 0.29) is 18.5 Å². The molecule has 0 radical (unpaired) electrons.